The molecule has 0 aromatic heterocycles. The van der Waals surface area contributed by atoms with Gasteiger partial charge in [0, 0.05) is 23.4 Å². The molecule has 25 heavy (non-hydrogen) atoms. The van der Waals surface area contributed by atoms with Gasteiger partial charge in [-0.15, -0.1) is 0 Å². The van der Waals surface area contributed by atoms with Gasteiger partial charge in [0.1, 0.15) is 0 Å². The SMILES string of the molecule is C[SiH](C)OC(C(=O)c1ccccc1)(C(C)(C)C)C1(F)C=CN=CC1F. The standard InChI is InChI=1S/C19H25F2NO2Si/c1-17(2,3)19(24-25(4)5,16(23)14-9-7-6-8-10-14)18(21)11-12-22-13-15(18)20/h6-13,15,25H,1-5H3. The van der Waals surface area contributed by atoms with Gasteiger partial charge < -0.3 is 4.43 Å². The second-order valence-corrected chi connectivity index (χ2v) is 9.91. The first-order valence-corrected chi connectivity index (χ1v) is 11.2. The summed E-state index contributed by atoms with van der Waals surface area (Å²) in [6, 6.07) is 8.37. The molecule has 136 valence electrons. The van der Waals surface area contributed by atoms with E-state index >= 15 is 4.39 Å². The summed E-state index contributed by atoms with van der Waals surface area (Å²) in [5, 5.41) is 0. The Labute approximate surface area is 149 Å². The number of hydrogen-bond acceptors (Lipinski definition) is 3. The molecule has 0 radical (unpaired) electrons. The van der Waals surface area contributed by atoms with Crippen LogP contribution in [0.25, 0.3) is 0 Å². The molecule has 3 unspecified atom stereocenters. The second-order valence-electron chi connectivity index (χ2n) is 7.58. The third-order valence-electron chi connectivity index (χ3n) is 4.39. The van der Waals surface area contributed by atoms with E-state index in [0.717, 1.165) is 12.3 Å². The number of alkyl halides is 2. The van der Waals surface area contributed by atoms with E-state index in [1.165, 1.54) is 6.20 Å². The Hall–Kier alpha value is -1.66. The molecule has 0 saturated carbocycles. The molecule has 1 aromatic carbocycles. The lowest BCUT2D eigenvalue weighted by Crippen LogP contribution is -2.70. The summed E-state index contributed by atoms with van der Waals surface area (Å²) in [7, 11) is -1.92. The maximum atomic E-state index is 16.2. The number of aliphatic imine (C=N–C) groups is 1. The molecule has 0 fully saturated rings. The Balaban J connectivity index is 2.76. The normalized spacial score (nSPS) is 25.8. The molecule has 1 aliphatic rings. The number of hydrogen-bond donors (Lipinski definition) is 0. The van der Waals surface area contributed by atoms with E-state index in [9.17, 15) is 9.18 Å². The summed E-state index contributed by atoms with van der Waals surface area (Å²) in [6.45, 7) is 8.81. The van der Waals surface area contributed by atoms with E-state index in [4.69, 9.17) is 4.43 Å². The fraction of sp³-hybridized carbons (Fsp3) is 0.474. The molecule has 0 amide bonds. The molecule has 0 N–H and O–H groups in total. The molecule has 3 atom stereocenters. The van der Waals surface area contributed by atoms with Crippen LogP contribution in [-0.4, -0.2) is 38.5 Å². The van der Waals surface area contributed by atoms with Gasteiger partial charge >= 0.3 is 0 Å². The first-order valence-electron chi connectivity index (χ1n) is 8.38. The minimum Gasteiger partial charge on any atom is -0.405 e. The Morgan fingerprint density at radius 3 is 2.32 bits per heavy atom. The van der Waals surface area contributed by atoms with Crippen molar-refractivity contribution in [2.24, 2.45) is 10.4 Å². The fourth-order valence-electron chi connectivity index (χ4n) is 3.34. The van der Waals surface area contributed by atoms with Crippen molar-refractivity contribution in [3.8, 4) is 0 Å². The Bertz CT molecular complexity index is 684. The van der Waals surface area contributed by atoms with Crippen LogP contribution < -0.4 is 0 Å². The zero-order valence-electron chi connectivity index (χ0n) is 15.3. The number of ketones is 1. The predicted octanol–water partition coefficient (Wildman–Crippen LogP) is 4.30. The second kappa shape index (κ2) is 6.92. The van der Waals surface area contributed by atoms with Crippen LogP contribution in [0.1, 0.15) is 31.1 Å². The molecular weight excluding hydrogens is 340 g/mol. The highest BCUT2D eigenvalue weighted by Crippen LogP contribution is 2.50. The Kier molecular flexibility index (Phi) is 5.44. The van der Waals surface area contributed by atoms with E-state index in [1.807, 2.05) is 13.1 Å². The van der Waals surface area contributed by atoms with Gasteiger partial charge in [-0.1, -0.05) is 51.1 Å². The summed E-state index contributed by atoms with van der Waals surface area (Å²) in [6.07, 6.45) is 1.04. The van der Waals surface area contributed by atoms with Gasteiger partial charge in [-0.3, -0.25) is 9.79 Å². The third kappa shape index (κ3) is 3.25. The Morgan fingerprint density at radius 2 is 1.84 bits per heavy atom. The van der Waals surface area contributed by atoms with Crippen molar-refractivity contribution in [1.29, 1.82) is 0 Å². The smallest absolute Gasteiger partial charge is 0.202 e. The lowest BCUT2D eigenvalue weighted by molar-refractivity contribution is -0.114. The van der Waals surface area contributed by atoms with Gasteiger partial charge in [-0.05, 0) is 19.2 Å². The predicted molar refractivity (Wildman–Crippen MR) is 99.3 cm³/mol. The average molecular weight is 365 g/mol. The summed E-state index contributed by atoms with van der Waals surface area (Å²) in [5.41, 5.74) is -5.33. The molecule has 0 aliphatic carbocycles. The number of benzene rings is 1. The monoisotopic (exact) mass is 365 g/mol. The van der Waals surface area contributed by atoms with E-state index < -0.39 is 37.7 Å². The first-order chi connectivity index (χ1) is 11.6. The van der Waals surface area contributed by atoms with Crippen molar-refractivity contribution < 1.29 is 18.0 Å². The first kappa shape index (κ1) is 19.7. The van der Waals surface area contributed by atoms with Crippen LogP contribution in [0.2, 0.25) is 13.1 Å². The van der Waals surface area contributed by atoms with Crippen molar-refractivity contribution in [3.05, 3.63) is 48.2 Å². The van der Waals surface area contributed by atoms with E-state index in [-0.39, 0.29) is 0 Å². The van der Waals surface area contributed by atoms with Crippen molar-refractivity contribution >= 4 is 21.0 Å². The minimum atomic E-state index is -2.64. The number of carbonyl (C=O) groups excluding carboxylic acids is 1. The highest BCUT2D eigenvalue weighted by atomic mass is 28.3. The highest BCUT2D eigenvalue weighted by Gasteiger charge is 2.67. The van der Waals surface area contributed by atoms with Crippen LogP contribution in [0, 0.1) is 5.41 Å². The summed E-state index contributed by atoms with van der Waals surface area (Å²) in [5.74, 6) is -0.549. The molecule has 3 nitrogen and oxygen atoms in total. The Morgan fingerprint density at radius 1 is 1.24 bits per heavy atom. The van der Waals surface area contributed by atoms with Crippen molar-refractivity contribution in [3.63, 3.8) is 0 Å². The quantitative estimate of drug-likeness (QED) is 0.576. The maximum absolute atomic E-state index is 16.2. The topological polar surface area (TPSA) is 38.7 Å². The van der Waals surface area contributed by atoms with Crippen LogP contribution in [0.3, 0.4) is 0 Å². The molecule has 0 saturated heterocycles. The molecular formula is C19H25F2NO2Si. The van der Waals surface area contributed by atoms with Gasteiger partial charge in [0.05, 0.1) is 0 Å². The third-order valence-corrected chi connectivity index (χ3v) is 5.21. The van der Waals surface area contributed by atoms with Crippen molar-refractivity contribution in [2.45, 2.75) is 51.3 Å². The van der Waals surface area contributed by atoms with Crippen molar-refractivity contribution in [1.82, 2.24) is 0 Å². The molecule has 1 aliphatic heterocycles. The van der Waals surface area contributed by atoms with Gasteiger partial charge in [-0.2, -0.15) is 0 Å². The van der Waals surface area contributed by atoms with E-state index in [0.29, 0.717) is 5.56 Å². The number of rotatable bonds is 5. The highest BCUT2D eigenvalue weighted by molar-refractivity contribution is 6.49. The van der Waals surface area contributed by atoms with Gasteiger partial charge in [0.25, 0.3) is 0 Å². The van der Waals surface area contributed by atoms with Gasteiger partial charge in [0.2, 0.25) is 5.67 Å². The molecule has 1 heterocycles. The van der Waals surface area contributed by atoms with Gasteiger partial charge in [0.15, 0.2) is 26.6 Å². The van der Waals surface area contributed by atoms with E-state index in [1.54, 1.807) is 51.1 Å². The number of halogens is 2. The zero-order valence-corrected chi connectivity index (χ0v) is 16.4. The summed E-state index contributed by atoms with van der Waals surface area (Å²) >= 11 is 0. The van der Waals surface area contributed by atoms with Crippen LogP contribution in [0.15, 0.2) is 47.6 Å². The number of nitrogens with zero attached hydrogens (tertiary/aromatic N) is 1. The summed E-state index contributed by atoms with van der Waals surface area (Å²) < 4.78 is 37.1. The van der Waals surface area contributed by atoms with E-state index in [2.05, 4.69) is 4.99 Å². The lowest BCUT2D eigenvalue weighted by atomic mass is 9.62. The molecule has 0 bridgehead atoms. The number of Topliss-reactive ketones (excluding diaryl/α,β-unsaturated/α-hetero) is 1. The largest absolute Gasteiger partial charge is 0.405 e. The van der Waals surface area contributed by atoms with Crippen LogP contribution >= 0.6 is 0 Å². The molecule has 2 rings (SSSR count). The van der Waals surface area contributed by atoms with Crippen LogP contribution in [-0.2, 0) is 4.43 Å². The van der Waals surface area contributed by atoms with Crippen LogP contribution in [0.5, 0.6) is 0 Å². The maximum Gasteiger partial charge on any atom is 0.202 e. The molecule has 1 aromatic rings. The summed E-state index contributed by atoms with van der Waals surface area (Å²) in [4.78, 5) is 17.2. The lowest BCUT2D eigenvalue weighted by Gasteiger charge is -2.52. The zero-order chi connectivity index (χ0) is 18.9. The average Bonchev–Trinajstić information content (AvgIpc) is 2.54. The van der Waals surface area contributed by atoms with Crippen LogP contribution in [0.4, 0.5) is 8.78 Å². The molecule has 0 spiro atoms. The van der Waals surface area contributed by atoms with Gasteiger partial charge in [-0.25, -0.2) is 8.78 Å². The minimum absolute atomic E-state index is 0.298. The van der Waals surface area contributed by atoms with Crippen molar-refractivity contribution in [2.75, 3.05) is 0 Å². The fourth-order valence-corrected chi connectivity index (χ4v) is 4.69. The molecule has 6 heteroatoms. The number of carbonyl (C=O) groups is 1.